The Hall–Kier alpha value is -1.62. The summed E-state index contributed by atoms with van der Waals surface area (Å²) in [6.07, 6.45) is -0.708. The molecule has 0 aliphatic rings. The summed E-state index contributed by atoms with van der Waals surface area (Å²) in [7, 11) is 0. The molecule has 0 spiro atoms. The van der Waals surface area contributed by atoms with Crippen LogP contribution in [0.3, 0.4) is 0 Å². The minimum atomic E-state index is -0.708. The molecule has 4 nitrogen and oxygen atoms in total. The number of halogens is 1. The fraction of sp³-hybridized carbons (Fsp3) is 0.500. The van der Waals surface area contributed by atoms with Crippen LogP contribution >= 0.6 is 0 Å². The van der Waals surface area contributed by atoms with Crippen molar-refractivity contribution in [2.45, 2.75) is 39.2 Å². The van der Waals surface area contributed by atoms with Crippen LogP contribution in [0.15, 0.2) is 18.2 Å². The molecule has 5 heteroatoms. The Kier molecular flexibility index (Phi) is 4.89. The predicted octanol–water partition coefficient (Wildman–Crippen LogP) is 3.27. The number of hydrogen-bond acceptors (Lipinski definition) is 3. The highest BCUT2D eigenvalue weighted by molar-refractivity contribution is 5.85. The summed E-state index contributed by atoms with van der Waals surface area (Å²) in [6, 6.07) is 4.34. The summed E-state index contributed by atoms with van der Waals surface area (Å²) in [4.78, 5) is 11.6. The lowest BCUT2D eigenvalue weighted by molar-refractivity contribution is 0.0635. The average Bonchev–Trinajstić information content (AvgIpc) is 2.28. The van der Waals surface area contributed by atoms with Gasteiger partial charge in [0.15, 0.2) is 0 Å². The van der Waals surface area contributed by atoms with E-state index in [9.17, 15) is 9.18 Å². The second-order valence-electron chi connectivity index (χ2n) is 5.45. The van der Waals surface area contributed by atoms with Crippen LogP contribution in [0.5, 0.6) is 0 Å². The van der Waals surface area contributed by atoms with E-state index in [1.54, 1.807) is 26.8 Å². The standard InChI is InChI=1S/C14H20FNO3/c1-9(8-17)10-5-6-11(15)12(7-10)16-13(18)19-14(2,3)4/h5-7,9,17H,8H2,1-4H3,(H,16,18). The molecule has 2 N–H and O–H groups in total. The second kappa shape index (κ2) is 6.02. The molecule has 0 aliphatic heterocycles. The molecule has 1 aromatic rings. The van der Waals surface area contributed by atoms with Crippen LogP contribution in [-0.4, -0.2) is 23.4 Å². The predicted molar refractivity (Wildman–Crippen MR) is 71.8 cm³/mol. The Labute approximate surface area is 112 Å². The molecule has 0 fully saturated rings. The Balaban J connectivity index is 2.85. The van der Waals surface area contributed by atoms with E-state index in [-0.39, 0.29) is 18.2 Å². The molecule has 1 amide bonds. The van der Waals surface area contributed by atoms with Gasteiger partial charge in [0, 0.05) is 12.5 Å². The summed E-state index contributed by atoms with van der Waals surface area (Å²) in [5, 5.41) is 11.4. The van der Waals surface area contributed by atoms with Gasteiger partial charge in [0.2, 0.25) is 0 Å². The molecule has 19 heavy (non-hydrogen) atoms. The zero-order valence-corrected chi connectivity index (χ0v) is 11.7. The SMILES string of the molecule is CC(CO)c1ccc(F)c(NC(=O)OC(C)(C)C)c1. The minimum absolute atomic E-state index is 0.0441. The van der Waals surface area contributed by atoms with Crippen LogP contribution in [0.1, 0.15) is 39.2 Å². The van der Waals surface area contributed by atoms with Crippen molar-refractivity contribution in [1.82, 2.24) is 0 Å². The van der Waals surface area contributed by atoms with Gasteiger partial charge in [0.1, 0.15) is 11.4 Å². The molecular weight excluding hydrogens is 249 g/mol. The first kappa shape index (κ1) is 15.4. The fourth-order valence-corrected chi connectivity index (χ4v) is 1.46. The first-order valence-corrected chi connectivity index (χ1v) is 6.13. The van der Waals surface area contributed by atoms with Gasteiger partial charge in [-0.05, 0) is 38.5 Å². The second-order valence-corrected chi connectivity index (χ2v) is 5.45. The average molecular weight is 269 g/mol. The molecule has 1 aromatic carbocycles. The van der Waals surface area contributed by atoms with E-state index in [1.165, 1.54) is 12.1 Å². The van der Waals surface area contributed by atoms with Crippen molar-refractivity contribution in [2.24, 2.45) is 0 Å². The highest BCUT2D eigenvalue weighted by atomic mass is 19.1. The van der Waals surface area contributed by atoms with Crippen LogP contribution in [0.25, 0.3) is 0 Å². The van der Waals surface area contributed by atoms with Crippen molar-refractivity contribution in [3.05, 3.63) is 29.6 Å². The molecule has 1 atom stereocenters. The summed E-state index contributed by atoms with van der Waals surface area (Å²) in [6.45, 7) is 6.95. The van der Waals surface area contributed by atoms with Gasteiger partial charge in [0.25, 0.3) is 0 Å². The van der Waals surface area contributed by atoms with E-state index in [0.29, 0.717) is 0 Å². The number of carbonyl (C=O) groups excluding carboxylic acids is 1. The fourth-order valence-electron chi connectivity index (χ4n) is 1.46. The van der Waals surface area contributed by atoms with E-state index in [0.717, 1.165) is 5.56 Å². The first-order valence-electron chi connectivity index (χ1n) is 6.13. The van der Waals surface area contributed by atoms with Gasteiger partial charge >= 0.3 is 6.09 Å². The number of aliphatic hydroxyl groups excluding tert-OH is 1. The summed E-state index contributed by atoms with van der Waals surface area (Å²) < 4.78 is 18.7. The van der Waals surface area contributed by atoms with Gasteiger partial charge in [-0.15, -0.1) is 0 Å². The Bertz CT molecular complexity index is 454. The van der Waals surface area contributed by atoms with Crippen molar-refractivity contribution in [1.29, 1.82) is 0 Å². The van der Waals surface area contributed by atoms with Crippen molar-refractivity contribution in [2.75, 3.05) is 11.9 Å². The molecule has 106 valence electrons. The van der Waals surface area contributed by atoms with Crippen LogP contribution in [0.4, 0.5) is 14.9 Å². The molecule has 0 saturated heterocycles. The molecule has 0 heterocycles. The van der Waals surface area contributed by atoms with E-state index >= 15 is 0 Å². The normalized spacial score (nSPS) is 12.9. The van der Waals surface area contributed by atoms with Crippen LogP contribution in [0, 0.1) is 5.82 Å². The Morgan fingerprint density at radius 1 is 1.47 bits per heavy atom. The zero-order chi connectivity index (χ0) is 14.6. The number of rotatable bonds is 3. The first-order chi connectivity index (χ1) is 8.73. The maximum absolute atomic E-state index is 13.6. The largest absolute Gasteiger partial charge is 0.444 e. The van der Waals surface area contributed by atoms with Gasteiger partial charge in [0.05, 0.1) is 5.69 Å². The van der Waals surface area contributed by atoms with Gasteiger partial charge < -0.3 is 9.84 Å². The number of benzene rings is 1. The molecule has 1 unspecified atom stereocenters. The number of anilines is 1. The third-order valence-electron chi connectivity index (χ3n) is 2.47. The monoisotopic (exact) mass is 269 g/mol. The molecule has 0 aliphatic carbocycles. The van der Waals surface area contributed by atoms with E-state index in [4.69, 9.17) is 9.84 Å². The number of carbonyl (C=O) groups is 1. The van der Waals surface area contributed by atoms with Crippen molar-refractivity contribution in [3.8, 4) is 0 Å². The third-order valence-corrected chi connectivity index (χ3v) is 2.47. The summed E-state index contributed by atoms with van der Waals surface area (Å²) in [5.41, 5.74) is 0.151. The van der Waals surface area contributed by atoms with Crippen molar-refractivity contribution >= 4 is 11.8 Å². The van der Waals surface area contributed by atoms with Crippen molar-refractivity contribution in [3.63, 3.8) is 0 Å². The minimum Gasteiger partial charge on any atom is -0.444 e. The number of aliphatic hydroxyl groups is 1. The van der Waals surface area contributed by atoms with E-state index in [1.807, 2.05) is 6.92 Å². The molecule has 0 aromatic heterocycles. The lowest BCUT2D eigenvalue weighted by atomic mass is 10.0. The van der Waals surface area contributed by atoms with Crippen LogP contribution < -0.4 is 5.32 Å². The van der Waals surface area contributed by atoms with Crippen molar-refractivity contribution < 1.29 is 19.0 Å². The number of ether oxygens (including phenoxy) is 1. The molecular formula is C14H20FNO3. The highest BCUT2D eigenvalue weighted by Crippen LogP contribution is 2.22. The maximum atomic E-state index is 13.6. The summed E-state index contributed by atoms with van der Waals surface area (Å²) in [5.74, 6) is -0.667. The lowest BCUT2D eigenvalue weighted by Crippen LogP contribution is -2.27. The zero-order valence-electron chi connectivity index (χ0n) is 11.7. The maximum Gasteiger partial charge on any atom is 0.412 e. The van der Waals surface area contributed by atoms with Crippen LogP contribution in [0.2, 0.25) is 0 Å². The molecule has 1 rings (SSSR count). The Morgan fingerprint density at radius 3 is 2.63 bits per heavy atom. The number of hydrogen-bond donors (Lipinski definition) is 2. The van der Waals surface area contributed by atoms with Gasteiger partial charge in [-0.1, -0.05) is 13.0 Å². The van der Waals surface area contributed by atoms with Gasteiger partial charge in [-0.2, -0.15) is 0 Å². The molecule has 0 radical (unpaired) electrons. The third kappa shape index (κ3) is 4.87. The smallest absolute Gasteiger partial charge is 0.412 e. The van der Waals surface area contributed by atoms with E-state index in [2.05, 4.69) is 5.32 Å². The van der Waals surface area contributed by atoms with E-state index < -0.39 is 17.5 Å². The topological polar surface area (TPSA) is 58.6 Å². The number of nitrogens with one attached hydrogen (secondary N) is 1. The molecule has 0 bridgehead atoms. The van der Waals surface area contributed by atoms with Gasteiger partial charge in [-0.25, -0.2) is 9.18 Å². The highest BCUT2D eigenvalue weighted by Gasteiger charge is 2.18. The Morgan fingerprint density at radius 2 is 2.11 bits per heavy atom. The summed E-state index contributed by atoms with van der Waals surface area (Å²) >= 11 is 0. The van der Waals surface area contributed by atoms with Crippen LogP contribution in [-0.2, 0) is 4.74 Å². The lowest BCUT2D eigenvalue weighted by Gasteiger charge is -2.20. The van der Waals surface area contributed by atoms with Gasteiger partial charge in [-0.3, -0.25) is 5.32 Å². The number of amides is 1. The molecule has 0 saturated carbocycles. The quantitative estimate of drug-likeness (QED) is 0.885.